The number of ketones is 1. The van der Waals surface area contributed by atoms with Crippen LogP contribution in [0.4, 0.5) is 0 Å². The Morgan fingerprint density at radius 3 is 2.85 bits per heavy atom. The molecule has 5 heteroatoms. The van der Waals surface area contributed by atoms with Crippen molar-refractivity contribution in [3.63, 3.8) is 0 Å². The summed E-state index contributed by atoms with van der Waals surface area (Å²) in [7, 11) is 0. The van der Waals surface area contributed by atoms with E-state index < -0.39 is 0 Å². The predicted molar refractivity (Wildman–Crippen MR) is 49.3 cm³/mol. The van der Waals surface area contributed by atoms with Gasteiger partial charge >= 0.3 is 0 Å². The third kappa shape index (κ3) is 3.18. The summed E-state index contributed by atoms with van der Waals surface area (Å²) < 4.78 is 0. The molecule has 1 atom stereocenters. The molecule has 1 saturated heterocycles. The van der Waals surface area contributed by atoms with Gasteiger partial charge in [-0.15, -0.1) is 11.8 Å². The van der Waals surface area contributed by atoms with Crippen molar-refractivity contribution in [3.05, 3.63) is 0 Å². The van der Waals surface area contributed by atoms with Gasteiger partial charge in [0.05, 0.1) is 11.0 Å². The Kier molecular flexibility index (Phi) is 3.48. The first-order valence-corrected chi connectivity index (χ1v) is 5.09. The molecule has 1 fully saturated rings. The largest absolute Gasteiger partial charge is 0.299 e. The van der Waals surface area contributed by atoms with Crippen LogP contribution in [0.15, 0.2) is 0 Å². The lowest BCUT2D eigenvalue weighted by Gasteiger charge is -2.19. The Labute approximate surface area is 80.4 Å². The summed E-state index contributed by atoms with van der Waals surface area (Å²) in [5.41, 5.74) is 0. The van der Waals surface area contributed by atoms with E-state index in [-0.39, 0.29) is 22.8 Å². The average Bonchev–Trinajstić information content (AvgIpc) is 2.02. The van der Waals surface area contributed by atoms with Gasteiger partial charge in [0.2, 0.25) is 11.8 Å². The molecule has 0 aromatic heterocycles. The lowest BCUT2D eigenvalue weighted by molar-refractivity contribution is -0.132. The van der Waals surface area contributed by atoms with Gasteiger partial charge in [-0.1, -0.05) is 0 Å². The number of piperidine rings is 1. The van der Waals surface area contributed by atoms with Crippen LogP contribution in [0.25, 0.3) is 0 Å². The fraction of sp³-hybridized carbons (Fsp3) is 0.625. The molecule has 13 heavy (non-hydrogen) atoms. The summed E-state index contributed by atoms with van der Waals surface area (Å²) in [5, 5.41) is 2.01. The van der Waals surface area contributed by atoms with E-state index >= 15 is 0 Å². The molecule has 1 aliphatic rings. The highest BCUT2D eigenvalue weighted by atomic mass is 32.2. The zero-order valence-corrected chi connectivity index (χ0v) is 8.15. The molecule has 0 saturated carbocycles. The maximum Gasteiger partial charge on any atom is 0.239 e. The smallest absolute Gasteiger partial charge is 0.239 e. The molecular formula is C8H11NO3S. The molecule has 1 unspecified atom stereocenters. The second-order valence-electron chi connectivity index (χ2n) is 2.95. The van der Waals surface area contributed by atoms with Crippen molar-refractivity contribution >= 4 is 29.4 Å². The maximum atomic E-state index is 11.2. The van der Waals surface area contributed by atoms with Gasteiger partial charge in [-0.05, 0) is 13.3 Å². The molecule has 4 nitrogen and oxygen atoms in total. The van der Waals surface area contributed by atoms with E-state index in [1.165, 1.54) is 18.7 Å². The molecule has 0 radical (unpaired) electrons. The van der Waals surface area contributed by atoms with Gasteiger partial charge in [0.25, 0.3) is 0 Å². The first-order chi connectivity index (χ1) is 6.09. The number of carbonyl (C=O) groups is 3. The Morgan fingerprint density at radius 1 is 1.62 bits per heavy atom. The molecule has 2 amide bonds. The molecule has 72 valence electrons. The van der Waals surface area contributed by atoms with E-state index in [0.29, 0.717) is 18.6 Å². The highest BCUT2D eigenvalue weighted by Crippen LogP contribution is 2.19. The van der Waals surface area contributed by atoms with E-state index in [1.54, 1.807) is 0 Å². The SMILES string of the molecule is CC(=O)CSC1CCC(=O)NC1=O. The van der Waals surface area contributed by atoms with Gasteiger partial charge in [-0.2, -0.15) is 0 Å². The van der Waals surface area contributed by atoms with Gasteiger partial charge < -0.3 is 0 Å². The lowest BCUT2D eigenvalue weighted by atomic mass is 10.1. The third-order valence-electron chi connectivity index (χ3n) is 1.68. The zero-order chi connectivity index (χ0) is 9.84. The molecule has 0 aromatic rings. The molecule has 0 spiro atoms. The van der Waals surface area contributed by atoms with E-state index in [9.17, 15) is 14.4 Å². The minimum absolute atomic E-state index is 0.0506. The van der Waals surface area contributed by atoms with Gasteiger partial charge in [0.1, 0.15) is 5.78 Å². The van der Waals surface area contributed by atoms with Crippen LogP contribution in [-0.4, -0.2) is 28.6 Å². The second kappa shape index (κ2) is 4.41. The number of amides is 2. The molecule has 0 bridgehead atoms. The standard InChI is InChI=1S/C8H11NO3S/c1-5(10)4-13-6-2-3-7(11)9-8(6)12/h6H,2-4H2,1H3,(H,9,11,12). The van der Waals surface area contributed by atoms with Crippen molar-refractivity contribution in [3.8, 4) is 0 Å². The summed E-state index contributed by atoms with van der Waals surface area (Å²) in [6.45, 7) is 1.49. The minimum atomic E-state index is -0.262. The normalized spacial score (nSPS) is 22.7. The molecule has 1 N–H and O–H groups in total. The zero-order valence-electron chi connectivity index (χ0n) is 7.33. The number of carbonyl (C=O) groups excluding carboxylic acids is 3. The number of thioether (sulfide) groups is 1. The van der Waals surface area contributed by atoms with Crippen LogP contribution < -0.4 is 5.32 Å². The highest BCUT2D eigenvalue weighted by Gasteiger charge is 2.26. The first kappa shape index (κ1) is 10.2. The number of nitrogens with one attached hydrogen (secondary N) is 1. The molecule has 0 aromatic carbocycles. The molecule has 1 rings (SSSR count). The number of rotatable bonds is 3. The number of imide groups is 1. The molecule has 0 aliphatic carbocycles. The monoisotopic (exact) mass is 201 g/mol. The van der Waals surface area contributed by atoms with Crippen LogP contribution >= 0.6 is 11.8 Å². The van der Waals surface area contributed by atoms with Gasteiger partial charge in [-0.3, -0.25) is 19.7 Å². The number of hydrogen-bond donors (Lipinski definition) is 1. The van der Waals surface area contributed by atoms with Crippen LogP contribution in [0.2, 0.25) is 0 Å². The summed E-state index contributed by atoms with van der Waals surface area (Å²) >= 11 is 1.30. The predicted octanol–water partition coefficient (Wildman–Crippen LogP) is 0.114. The minimum Gasteiger partial charge on any atom is -0.299 e. The fourth-order valence-corrected chi connectivity index (χ4v) is 1.98. The topological polar surface area (TPSA) is 63.2 Å². The average molecular weight is 201 g/mol. The van der Waals surface area contributed by atoms with Crippen molar-refractivity contribution in [1.29, 1.82) is 0 Å². The lowest BCUT2D eigenvalue weighted by Crippen LogP contribution is -2.42. The second-order valence-corrected chi connectivity index (χ2v) is 4.14. The summed E-state index contributed by atoms with van der Waals surface area (Å²) in [6, 6.07) is 0. The molecule has 1 aliphatic heterocycles. The van der Waals surface area contributed by atoms with Gasteiger partial charge in [0.15, 0.2) is 0 Å². The highest BCUT2D eigenvalue weighted by molar-refractivity contribution is 8.01. The quantitative estimate of drug-likeness (QED) is 0.658. The fourth-order valence-electron chi connectivity index (χ4n) is 1.05. The van der Waals surface area contributed by atoms with Crippen LogP contribution in [0.3, 0.4) is 0 Å². The van der Waals surface area contributed by atoms with E-state index in [2.05, 4.69) is 5.32 Å². The summed E-state index contributed by atoms with van der Waals surface area (Å²) in [4.78, 5) is 32.5. The van der Waals surface area contributed by atoms with Crippen molar-refractivity contribution in [2.45, 2.75) is 25.0 Å². The van der Waals surface area contributed by atoms with Crippen LogP contribution in [0.5, 0.6) is 0 Å². The third-order valence-corrected chi connectivity index (χ3v) is 3.10. The van der Waals surface area contributed by atoms with E-state index in [4.69, 9.17) is 0 Å². The summed E-state index contributed by atoms with van der Waals surface area (Å²) in [5.74, 6) is -0.0893. The van der Waals surface area contributed by atoms with Crippen LogP contribution in [-0.2, 0) is 14.4 Å². The summed E-state index contributed by atoms with van der Waals surface area (Å²) in [6.07, 6.45) is 0.921. The Morgan fingerprint density at radius 2 is 2.31 bits per heavy atom. The van der Waals surface area contributed by atoms with Crippen molar-refractivity contribution in [2.75, 3.05) is 5.75 Å². The Hall–Kier alpha value is -0.840. The van der Waals surface area contributed by atoms with Crippen molar-refractivity contribution < 1.29 is 14.4 Å². The Bertz CT molecular complexity index is 252. The molecule has 1 heterocycles. The van der Waals surface area contributed by atoms with Crippen molar-refractivity contribution in [1.82, 2.24) is 5.32 Å². The van der Waals surface area contributed by atoms with Gasteiger partial charge in [-0.25, -0.2) is 0 Å². The first-order valence-electron chi connectivity index (χ1n) is 4.04. The van der Waals surface area contributed by atoms with E-state index in [0.717, 1.165) is 0 Å². The van der Waals surface area contributed by atoms with Gasteiger partial charge in [0, 0.05) is 6.42 Å². The van der Waals surface area contributed by atoms with Crippen LogP contribution in [0, 0.1) is 0 Å². The van der Waals surface area contributed by atoms with Crippen molar-refractivity contribution in [2.24, 2.45) is 0 Å². The van der Waals surface area contributed by atoms with Crippen LogP contribution in [0.1, 0.15) is 19.8 Å². The Balaban J connectivity index is 2.38. The number of Topliss-reactive ketones (excluding diaryl/α,β-unsaturated/α-hetero) is 1. The molecular weight excluding hydrogens is 190 g/mol. The maximum absolute atomic E-state index is 11.2. The van der Waals surface area contributed by atoms with E-state index in [1.807, 2.05) is 0 Å². The number of hydrogen-bond acceptors (Lipinski definition) is 4.